The molecule has 2 saturated carbocycles. The van der Waals surface area contributed by atoms with Crippen molar-refractivity contribution < 1.29 is 14.0 Å². The quantitative estimate of drug-likeness (QED) is 0.429. The van der Waals surface area contributed by atoms with Crippen molar-refractivity contribution >= 4 is 17.6 Å². The Morgan fingerprint density at radius 1 is 1.03 bits per heavy atom. The molecule has 1 atom stereocenters. The minimum Gasteiger partial charge on any atom is -0.339 e. The van der Waals surface area contributed by atoms with Crippen LogP contribution >= 0.6 is 0 Å². The number of aromatic nitrogens is 4. The van der Waals surface area contributed by atoms with Gasteiger partial charge in [0.1, 0.15) is 17.6 Å². The number of carbonyl (C=O) groups excluding carboxylic acids is 2. The molecule has 0 radical (unpaired) electrons. The zero-order chi connectivity index (χ0) is 25.4. The molecule has 2 amide bonds. The molecular formula is C27H31FN6O2. The zero-order valence-corrected chi connectivity index (χ0v) is 20.7. The van der Waals surface area contributed by atoms with E-state index in [1.165, 1.54) is 0 Å². The van der Waals surface area contributed by atoms with Crippen LogP contribution in [0.2, 0.25) is 0 Å². The van der Waals surface area contributed by atoms with Crippen molar-refractivity contribution in [1.29, 1.82) is 0 Å². The Balaban J connectivity index is 1.38. The van der Waals surface area contributed by atoms with Crippen LogP contribution in [0.15, 0.2) is 42.7 Å². The maximum atomic E-state index is 14.9. The highest BCUT2D eigenvalue weighted by Crippen LogP contribution is 2.51. The molecule has 2 aliphatic rings. The van der Waals surface area contributed by atoms with Gasteiger partial charge in [-0.25, -0.2) is 4.98 Å². The molecule has 2 aliphatic carbocycles. The van der Waals surface area contributed by atoms with Gasteiger partial charge in [0.25, 0.3) is 5.91 Å². The van der Waals surface area contributed by atoms with Crippen LogP contribution in [-0.2, 0) is 4.79 Å². The summed E-state index contributed by atoms with van der Waals surface area (Å²) in [5.41, 5.74) is 2.07. The van der Waals surface area contributed by atoms with E-state index < -0.39 is 12.0 Å². The van der Waals surface area contributed by atoms with Crippen LogP contribution in [0.1, 0.15) is 61.8 Å². The number of amides is 2. The molecule has 9 heteroatoms. The normalized spacial score (nSPS) is 16.3. The van der Waals surface area contributed by atoms with Gasteiger partial charge in [-0.1, -0.05) is 6.07 Å². The van der Waals surface area contributed by atoms with Crippen LogP contribution in [0.3, 0.4) is 0 Å². The summed E-state index contributed by atoms with van der Waals surface area (Å²) in [7, 11) is 0. The first-order chi connectivity index (χ1) is 17.3. The molecular weight excluding hydrogens is 459 g/mol. The fourth-order valence-corrected chi connectivity index (χ4v) is 5.03. The van der Waals surface area contributed by atoms with Gasteiger partial charge < -0.3 is 10.6 Å². The Morgan fingerprint density at radius 3 is 2.36 bits per heavy atom. The summed E-state index contributed by atoms with van der Waals surface area (Å²) in [4.78, 5) is 35.0. The number of carbonyl (C=O) groups is 2. The molecule has 0 unspecified atom stereocenters. The minimum atomic E-state index is -0.738. The standard InChI is InChI=1S/C27H31FN6O2/c1-15(2)34-21(12-14-30-34)26(35)33-24(23(17-6-7-17)18-8-9-18)27(36)32-22-11-10-20(25(28)31-22)19-5-4-13-29-16(19)3/h4-5,10-15,17-18,23-24H,6-9H2,1-3H3,(H,33,35)(H,31,32,36)/t24-/m0/s1. The summed E-state index contributed by atoms with van der Waals surface area (Å²) in [5, 5.41) is 10.0. The molecule has 5 rings (SSSR count). The summed E-state index contributed by atoms with van der Waals surface area (Å²) >= 11 is 0. The first-order valence-corrected chi connectivity index (χ1v) is 12.6. The molecule has 3 heterocycles. The maximum absolute atomic E-state index is 14.9. The van der Waals surface area contributed by atoms with Crippen molar-refractivity contribution in [2.24, 2.45) is 17.8 Å². The van der Waals surface area contributed by atoms with Crippen molar-refractivity contribution in [3.05, 3.63) is 60.1 Å². The molecule has 2 fully saturated rings. The van der Waals surface area contributed by atoms with Crippen LogP contribution < -0.4 is 10.6 Å². The predicted molar refractivity (Wildman–Crippen MR) is 134 cm³/mol. The highest BCUT2D eigenvalue weighted by atomic mass is 19.1. The van der Waals surface area contributed by atoms with E-state index in [4.69, 9.17) is 0 Å². The lowest BCUT2D eigenvalue weighted by molar-refractivity contribution is -0.119. The summed E-state index contributed by atoms with van der Waals surface area (Å²) in [6.07, 6.45) is 7.44. The SMILES string of the molecule is Cc1ncccc1-c1ccc(NC(=O)[C@@H](NC(=O)c2ccnn2C(C)C)C(C2CC2)C2CC2)nc1F. The fraction of sp³-hybridized carbons (Fsp3) is 0.444. The molecule has 8 nitrogen and oxygen atoms in total. The Kier molecular flexibility index (Phi) is 6.55. The van der Waals surface area contributed by atoms with E-state index in [1.54, 1.807) is 54.3 Å². The summed E-state index contributed by atoms with van der Waals surface area (Å²) in [6, 6.07) is 7.62. The first kappa shape index (κ1) is 24.1. The monoisotopic (exact) mass is 490 g/mol. The van der Waals surface area contributed by atoms with Crippen molar-refractivity contribution in [1.82, 2.24) is 25.1 Å². The summed E-state index contributed by atoms with van der Waals surface area (Å²) < 4.78 is 16.6. The molecule has 0 aliphatic heterocycles. The number of nitrogens with zero attached hydrogens (tertiary/aromatic N) is 4. The average molecular weight is 491 g/mol. The third-order valence-electron chi connectivity index (χ3n) is 7.08. The lowest BCUT2D eigenvalue weighted by atomic mass is 9.88. The maximum Gasteiger partial charge on any atom is 0.270 e. The van der Waals surface area contributed by atoms with Gasteiger partial charge in [-0.05, 0) is 88.5 Å². The van der Waals surface area contributed by atoms with Crippen LogP contribution in [-0.4, -0.2) is 37.6 Å². The second-order valence-electron chi connectivity index (χ2n) is 10.1. The van der Waals surface area contributed by atoms with Gasteiger partial charge in [0.15, 0.2) is 0 Å². The number of anilines is 1. The molecule has 36 heavy (non-hydrogen) atoms. The Bertz CT molecular complexity index is 1270. The smallest absolute Gasteiger partial charge is 0.270 e. The van der Waals surface area contributed by atoms with Gasteiger partial charge in [-0.3, -0.25) is 19.3 Å². The molecule has 3 aromatic heterocycles. The number of nitrogens with one attached hydrogen (secondary N) is 2. The topological polar surface area (TPSA) is 102 Å². The Morgan fingerprint density at radius 2 is 1.75 bits per heavy atom. The van der Waals surface area contributed by atoms with Gasteiger partial charge in [-0.15, -0.1) is 0 Å². The van der Waals surface area contributed by atoms with E-state index >= 15 is 0 Å². The lowest BCUT2D eigenvalue weighted by Crippen LogP contribution is -2.50. The van der Waals surface area contributed by atoms with Gasteiger partial charge in [0.2, 0.25) is 11.9 Å². The van der Waals surface area contributed by atoms with Gasteiger partial charge >= 0.3 is 0 Å². The third-order valence-corrected chi connectivity index (χ3v) is 7.08. The first-order valence-electron chi connectivity index (χ1n) is 12.6. The number of aryl methyl sites for hydroxylation is 1. The zero-order valence-electron chi connectivity index (χ0n) is 20.7. The number of rotatable bonds is 9. The van der Waals surface area contributed by atoms with Gasteiger partial charge in [-0.2, -0.15) is 9.49 Å². The predicted octanol–water partition coefficient (Wildman–Crippen LogP) is 4.54. The number of pyridine rings is 2. The van der Waals surface area contributed by atoms with E-state index in [0.717, 1.165) is 25.7 Å². The Labute approximate surface area is 209 Å². The van der Waals surface area contributed by atoms with Crippen molar-refractivity contribution in [2.75, 3.05) is 5.32 Å². The second-order valence-corrected chi connectivity index (χ2v) is 10.1. The highest BCUT2D eigenvalue weighted by molar-refractivity contribution is 6.00. The number of hydrogen-bond acceptors (Lipinski definition) is 5. The van der Waals surface area contributed by atoms with Crippen LogP contribution in [0.25, 0.3) is 11.1 Å². The van der Waals surface area contributed by atoms with Crippen LogP contribution in [0, 0.1) is 30.6 Å². The summed E-state index contributed by atoms with van der Waals surface area (Å²) in [6.45, 7) is 5.70. The second kappa shape index (κ2) is 9.79. The highest BCUT2D eigenvalue weighted by Gasteiger charge is 2.48. The third kappa shape index (κ3) is 5.01. The molecule has 0 spiro atoms. The lowest BCUT2D eigenvalue weighted by Gasteiger charge is -2.27. The van der Waals surface area contributed by atoms with Crippen LogP contribution in [0.4, 0.5) is 10.2 Å². The number of halogens is 1. The largest absolute Gasteiger partial charge is 0.339 e. The van der Waals surface area contributed by atoms with Gasteiger partial charge in [0.05, 0.1) is 0 Å². The molecule has 0 saturated heterocycles. The van der Waals surface area contributed by atoms with E-state index in [0.29, 0.717) is 34.4 Å². The van der Waals surface area contributed by atoms with E-state index in [-0.39, 0.29) is 29.6 Å². The molecule has 2 N–H and O–H groups in total. The number of hydrogen-bond donors (Lipinski definition) is 2. The van der Waals surface area contributed by atoms with E-state index in [9.17, 15) is 14.0 Å². The summed E-state index contributed by atoms with van der Waals surface area (Å²) in [5.74, 6) is -0.431. The minimum absolute atomic E-state index is 0.00447. The van der Waals surface area contributed by atoms with Crippen LogP contribution in [0.5, 0.6) is 0 Å². The van der Waals surface area contributed by atoms with Gasteiger partial charge in [0, 0.05) is 35.3 Å². The van der Waals surface area contributed by atoms with E-state index in [1.807, 2.05) is 13.8 Å². The average Bonchev–Trinajstić information content (AvgIpc) is 3.79. The van der Waals surface area contributed by atoms with Crippen molar-refractivity contribution in [2.45, 2.75) is 58.5 Å². The van der Waals surface area contributed by atoms with Crippen molar-refractivity contribution in [3.8, 4) is 11.1 Å². The van der Waals surface area contributed by atoms with Crippen molar-refractivity contribution in [3.63, 3.8) is 0 Å². The molecule has 3 aromatic rings. The molecule has 188 valence electrons. The fourth-order valence-electron chi connectivity index (χ4n) is 5.03. The Hall–Kier alpha value is -3.62. The molecule has 0 bridgehead atoms. The van der Waals surface area contributed by atoms with E-state index in [2.05, 4.69) is 25.7 Å². The molecule has 0 aromatic carbocycles.